The summed E-state index contributed by atoms with van der Waals surface area (Å²) in [5.41, 5.74) is 0. The van der Waals surface area contributed by atoms with Gasteiger partial charge in [-0.25, -0.2) is 4.68 Å². The maximum atomic E-state index is 11.5. The van der Waals surface area contributed by atoms with Crippen molar-refractivity contribution in [3.8, 4) is 0 Å². The number of halogens is 2. The molecule has 0 unspecified atom stereocenters. The first-order chi connectivity index (χ1) is 3.80. The van der Waals surface area contributed by atoms with Crippen LogP contribution in [0.25, 0.3) is 0 Å². The van der Waals surface area contributed by atoms with E-state index >= 15 is 0 Å². The van der Waals surface area contributed by atoms with Crippen molar-refractivity contribution in [3.05, 3.63) is 18.5 Å². The summed E-state index contributed by atoms with van der Waals surface area (Å²) in [5, 5.41) is 3.23. The van der Waals surface area contributed by atoms with Gasteiger partial charge in [-0.2, -0.15) is 13.9 Å². The number of hydrogen-bond donors (Lipinski definition) is 0. The van der Waals surface area contributed by atoms with Crippen LogP contribution in [0.3, 0.4) is 0 Å². The second-order valence-corrected chi connectivity index (χ2v) is 1.20. The van der Waals surface area contributed by atoms with Crippen LogP contribution < -0.4 is 0 Å². The van der Waals surface area contributed by atoms with Gasteiger partial charge in [0.1, 0.15) is 0 Å². The van der Waals surface area contributed by atoms with E-state index < -0.39 is 6.55 Å². The van der Waals surface area contributed by atoms with E-state index in [1.54, 1.807) is 0 Å². The molecule has 1 rings (SSSR count). The number of rotatable bonds is 1. The number of nitrogens with zero attached hydrogens (tertiary/aromatic N) is 2. The van der Waals surface area contributed by atoms with Crippen molar-refractivity contribution in [2.24, 2.45) is 0 Å². The predicted molar refractivity (Wildman–Crippen MR) is 22.3 cm³/mol. The summed E-state index contributed by atoms with van der Waals surface area (Å²) in [5.74, 6) is 0. The maximum absolute atomic E-state index is 11.5. The molecule has 8 heavy (non-hydrogen) atoms. The van der Waals surface area contributed by atoms with Crippen LogP contribution in [0.15, 0.2) is 12.4 Å². The summed E-state index contributed by atoms with van der Waals surface area (Å²) in [6.45, 7) is -2.54. The van der Waals surface area contributed by atoms with Crippen molar-refractivity contribution in [1.82, 2.24) is 9.78 Å². The molecule has 0 aromatic carbocycles. The highest BCUT2D eigenvalue weighted by atomic mass is 19.3. The maximum Gasteiger partial charge on any atom is 0.333 e. The Labute approximate surface area is 44.7 Å². The Balaban J connectivity index is 2.77. The molecule has 2 nitrogen and oxygen atoms in total. The van der Waals surface area contributed by atoms with Crippen LogP contribution in [-0.2, 0) is 0 Å². The van der Waals surface area contributed by atoms with Crippen molar-refractivity contribution in [3.63, 3.8) is 0 Å². The molecule has 0 saturated carbocycles. The van der Waals surface area contributed by atoms with Gasteiger partial charge in [-0.1, -0.05) is 0 Å². The first-order valence-electron chi connectivity index (χ1n) is 1.99. The molecule has 0 fully saturated rings. The molecule has 0 aliphatic carbocycles. The van der Waals surface area contributed by atoms with Crippen molar-refractivity contribution in [1.29, 1.82) is 0 Å². The lowest BCUT2D eigenvalue weighted by atomic mass is 10.8. The molecule has 0 aliphatic rings. The van der Waals surface area contributed by atoms with Crippen LogP contribution in [0.1, 0.15) is 6.55 Å². The fourth-order valence-electron chi connectivity index (χ4n) is 0.350. The van der Waals surface area contributed by atoms with Gasteiger partial charge in [0.15, 0.2) is 0 Å². The number of aromatic nitrogens is 2. The molecule has 1 radical (unpaired) electrons. The molecule has 0 spiro atoms. The molecule has 0 atom stereocenters. The largest absolute Gasteiger partial charge is 0.333 e. The van der Waals surface area contributed by atoms with Gasteiger partial charge in [0.05, 0.1) is 6.20 Å². The first kappa shape index (κ1) is 5.21. The minimum absolute atomic E-state index is 0.528. The van der Waals surface area contributed by atoms with Crippen molar-refractivity contribution < 1.29 is 8.78 Å². The Morgan fingerprint density at radius 1 is 1.62 bits per heavy atom. The molecular weight excluding hydrogens is 114 g/mol. The predicted octanol–water partition coefficient (Wildman–Crippen LogP) is 1.08. The highest BCUT2D eigenvalue weighted by molar-refractivity contribution is 4.74. The summed E-state index contributed by atoms with van der Waals surface area (Å²) >= 11 is 0. The molecule has 1 aromatic rings. The van der Waals surface area contributed by atoms with Gasteiger partial charge in [0.2, 0.25) is 0 Å². The fraction of sp³-hybridized carbons (Fsp3) is 0.250. The van der Waals surface area contributed by atoms with E-state index in [1.807, 2.05) is 0 Å². The van der Waals surface area contributed by atoms with E-state index in [2.05, 4.69) is 11.2 Å². The molecule has 0 bridgehead atoms. The summed E-state index contributed by atoms with van der Waals surface area (Å²) < 4.78 is 23.5. The summed E-state index contributed by atoms with van der Waals surface area (Å²) in [6.07, 6.45) is 2.27. The second kappa shape index (κ2) is 1.90. The lowest BCUT2D eigenvalue weighted by Gasteiger charge is -1.93. The molecular formula is C4H3F2N2. The molecule has 0 amide bonds. The Bertz CT molecular complexity index is 147. The molecule has 1 aromatic heterocycles. The van der Waals surface area contributed by atoms with Crippen LogP contribution in [0.4, 0.5) is 8.78 Å². The van der Waals surface area contributed by atoms with Crippen LogP contribution >= 0.6 is 0 Å². The number of alkyl halides is 2. The Hall–Kier alpha value is -0.930. The van der Waals surface area contributed by atoms with E-state index in [9.17, 15) is 8.78 Å². The number of hydrogen-bond acceptors (Lipinski definition) is 1. The van der Waals surface area contributed by atoms with Crippen LogP contribution in [-0.4, -0.2) is 9.78 Å². The van der Waals surface area contributed by atoms with Gasteiger partial charge in [-0.05, 0) is 0 Å². The van der Waals surface area contributed by atoms with Crippen LogP contribution in [0.5, 0.6) is 0 Å². The van der Waals surface area contributed by atoms with E-state index in [0.717, 1.165) is 6.20 Å². The van der Waals surface area contributed by atoms with Gasteiger partial charge in [-0.15, -0.1) is 0 Å². The topological polar surface area (TPSA) is 17.8 Å². The molecule has 4 heteroatoms. The van der Waals surface area contributed by atoms with Crippen molar-refractivity contribution in [2.45, 2.75) is 6.55 Å². The van der Waals surface area contributed by atoms with Crippen molar-refractivity contribution >= 4 is 0 Å². The highest BCUT2D eigenvalue weighted by Gasteiger charge is 2.01. The highest BCUT2D eigenvalue weighted by Crippen LogP contribution is 2.04. The summed E-state index contributed by atoms with van der Waals surface area (Å²) in [7, 11) is 0. The average Bonchev–Trinajstić information content (AvgIpc) is 2.12. The third-order valence-corrected chi connectivity index (χ3v) is 0.672. The summed E-state index contributed by atoms with van der Waals surface area (Å²) in [6, 6.07) is 2.38. The molecule has 43 valence electrons. The Morgan fingerprint density at radius 2 is 2.38 bits per heavy atom. The van der Waals surface area contributed by atoms with Crippen LogP contribution in [0, 0.1) is 6.07 Å². The molecule has 0 saturated heterocycles. The van der Waals surface area contributed by atoms with Crippen LogP contribution in [0.2, 0.25) is 0 Å². The summed E-state index contributed by atoms with van der Waals surface area (Å²) in [4.78, 5) is 0. The molecule has 1 heterocycles. The van der Waals surface area contributed by atoms with Gasteiger partial charge in [0, 0.05) is 12.3 Å². The fourth-order valence-corrected chi connectivity index (χ4v) is 0.350. The zero-order valence-corrected chi connectivity index (χ0v) is 3.88. The monoisotopic (exact) mass is 117 g/mol. The minimum Gasteiger partial charge on any atom is -0.211 e. The second-order valence-electron chi connectivity index (χ2n) is 1.20. The lowest BCUT2D eigenvalue weighted by Crippen LogP contribution is -1.96. The van der Waals surface area contributed by atoms with E-state index in [4.69, 9.17) is 0 Å². The standard InChI is InChI=1S/C4H3F2N2/c5-4(6)8-3-1-2-7-8/h2-4H. The Morgan fingerprint density at radius 3 is 2.62 bits per heavy atom. The zero-order valence-electron chi connectivity index (χ0n) is 3.88. The van der Waals surface area contributed by atoms with Gasteiger partial charge in [0.25, 0.3) is 0 Å². The zero-order chi connectivity index (χ0) is 5.98. The van der Waals surface area contributed by atoms with E-state index in [0.29, 0.717) is 4.68 Å². The Kier molecular flexibility index (Phi) is 1.24. The van der Waals surface area contributed by atoms with E-state index in [1.165, 1.54) is 6.20 Å². The minimum atomic E-state index is -2.54. The third-order valence-electron chi connectivity index (χ3n) is 0.672. The van der Waals surface area contributed by atoms with E-state index in [-0.39, 0.29) is 0 Å². The normalized spacial score (nSPS) is 10.4. The lowest BCUT2D eigenvalue weighted by molar-refractivity contribution is 0.0566. The first-order valence-corrected chi connectivity index (χ1v) is 1.99. The quantitative estimate of drug-likeness (QED) is 0.538. The smallest absolute Gasteiger partial charge is 0.211 e. The SMILES string of the molecule is FC(F)n1c[c]cn1. The van der Waals surface area contributed by atoms with Gasteiger partial charge < -0.3 is 0 Å². The molecule has 0 N–H and O–H groups in total. The van der Waals surface area contributed by atoms with Crippen molar-refractivity contribution in [2.75, 3.05) is 0 Å². The molecule has 0 aliphatic heterocycles. The van der Waals surface area contributed by atoms with Gasteiger partial charge in [-0.3, -0.25) is 0 Å². The third kappa shape index (κ3) is 0.828. The van der Waals surface area contributed by atoms with Gasteiger partial charge >= 0.3 is 6.55 Å². The average molecular weight is 117 g/mol.